The first-order valence-corrected chi connectivity index (χ1v) is 7.02. The first-order valence-electron chi connectivity index (χ1n) is 8.02. The third-order valence-corrected chi connectivity index (χ3v) is 3.75. The van der Waals surface area contributed by atoms with Gasteiger partial charge in [0.25, 0.3) is 5.85 Å². The molecule has 0 radical (unpaired) electrons. The number of nitrogens with two attached hydrogens (primary N) is 1. The van der Waals surface area contributed by atoms with Crippen LogP contribution >= 0.6 is 0 Å². The van der Waals surface area contributed by atoms with Crippen molar-refractivity contribution in [3.63, 3.8) is 0 Å². The second-order valence-corrected chi connectivity index (χ2v) is 5.42. The molecule has 1 aliphatic rings. The van der Waals surface area contributed by atoms with Crippen molar-refractivity contribution in [3.8, 4) is 5.88 Å². The van der Waals surface area contributed by atoms with Crippen molar-refractivity contribution >= 4 is 17.1 Å². The molecule has 9 nitrogen and oxygen atoms in total. The molecular formula is C13H17F2N5O4. The molecule has 24 heavy (non-hydrogen) atoms. The highest BCUT2D eigenvalue weighted by molar-refractivity contribution is 5.77. The number of nitrogens with zero attached hydrogens (tertiary/aromatic N) is 4. The highest BCUT2D eigenvalue weighted by Crippen LogP contribution is 2.48. The maximum Gasteiger partial charge on any atom is 0.263 e. The Morgan fingerprint density at radius 1 is 1.54 bits per heavy atom. The Morgan fingerprint density at radius 2 is 2.25 bits per heavy atom. The van der Waals surface area contributed by atoms with E-state index >= 15 is 4.39 Å². The SMILES string of the molecule is [2H]C([2H])(O)[C@@]1(F)O[C@@H](n2cnc3c(OCC)nc(N)nc32)[C@](C)(F)[C@@H]1O. The maximum absolute atomic E-state index is 15.1. The molecule has 11 heteroatoms. The molecular weight excluding hydrogens is 328 g/mol. The van der Waals surface area contributed by atoms with Gasteiger partial charge in [0.15, 0.2) is 29.2 Å². The van der Waals surface area contributed by atoms with Gasteiger partial charge in [0.1, 0.15) is 6.56 Å². The van der Waals surface area contributed by atoms with Crippen LogP contribution in [0.2, 0.25) is 0 Å². The van der Waals surface area contributed by atoms with Gasteiger partial charge in [0.05, 0.1) is 15.7 Å². The summed E-state index contributed by atoms with van der Waals surface area (Å²) in [6.07, 6.45) is -3.50. The van der Waals surface area contributed by atoms with E-state index in [1.807, 2.05) is 0 Å². The maximum atomic E-state index is 15.1. The molecule has 2 aromatic heterocycles. The van der Waals surface area contributed by atoms with E-state index in [-0.39, 0.29) is 29.6 Å². The summed E-state index contributed by atoms with van der Waals surface area (Å²) in [5, 5.41) is 19.3. The van der Waals surface area contributed by atoms with E-state index in [1.165, 1.54) is 0 Å². The van der Waals surface area contributed by atoms with E-state index in [0.717, 1.165) is 17.8 Å². The van der Waals surface area contributed by atoms with Gasteiger partial charge < -0.3 is 25.4 Å². The number of rotatable bonds is 4. The van der Waals surface area contributed by atoms with Crippen LogP contribution in [0.3, 0.4) is 0 Å². The van der Waals surface area contributed by atoms with Crippen molar-refractivity contribution in [3.05, 3.63) is 6.33 Å². The van der Waals surface area contributed by atoms with E-state index in [1.54, 1.807) is 6.92 Å². The molecule has 1 aliphatic heterocycles. The minimum atomic E-state index is -3.72. The minimum absolute atomic E-state index is 0.0110. The van der Waals surface area contributed by atoms with Crippen molar-refractivity contribution in [1.82, 2.24) is 19.5 Å². The molecule has 2 aromatic rings. The third-order valence-electron chi connectivity index (χ3n) is 3.75. The van der Waals surface area contributed by atoms with Gasteiger partial charge in [-0.05, 0) is 13.8 Å². The van der Waals surface area contributed by atoms with Gasteiger partial charge in [-0.15, -0.1) is 0 Å². The molecule has 0 amide bonds. The zero-order valence-corrected chi connectivity index (χ0v) is 12.8. The summed E-state index contributed by atoms with van der Waals surface area (Å²) in [6.45, 7) is -0.947. The van der Waals surface area contributed by atoms with Crippen LogP contribution in [0.25, 0.3) is 11.2 Å². The highest BCUT2D eigenvalue weighted by Gasteiger charge is 2.64. The molecule has 3 heterocycles. The lowest BCUT2D eigenvalue weighted by molar-refractivity contribution is -0.206. The summed E-state index contributed by atoms with van der Waals surface area (Å²) in [6, 6.07) is 0. The molecule has 0 spiro atoms. The molecule has 132 valence electrons. The lowest BCUT2D eigenvalue weighted by Gasteiger charge is -2.24. The number of aromatic nitrogens is 4. The Kier molecular flexibility index (Phi) is 3.24. The molecule has 0 aliphatic carbocycles. The van der Waals surface area contributed by atoms with E-state index in [2.05, 4.69) is 15.0 Å². The summed E-state index contributed by atoms with van der Waals surface area (Å²) >= 11 is 0. The normalized spacial score (nSPS) is 35.1. The zero-order chi connectivity index (χ0) is 19.5. The van der Waals surface area contributed by atoms with E-state index in [9.17, 15) is 14.6 Å². The Labute approximate surface area is 137 Å². The van der Waals surface area contributed by atoms with Crippen LogP contribution in [-0.4, -0.2) is 60.5 Å². The topological polar surface area (TPSA) is 129 Å². The number of halogens is 2. The average Bonchev–Trinajstić information content (AvgIpc) is 3.00. The predicted molar refractivity (Wildman–Crippen MR) is 77.5 cm³/mol. The first-order chi connectivity index (χ1) is 11.9. The van der Waals surface area contributed by atoms with Crippen LogP contribution in [0.5, 0.6) is 5.88 Å². The minimum Gasteiger partial charge on any atom is -0.476 e. The van der Waals surface area contributed by atoms with Gasteiger partial charge in [-0.1, -0.05) is 0 Å². The van der Waals surface area contributed by atoms with Crippen molar-refractivity contribution in [1.29, 1.82) is 0 Å². The first kappa shape index (κ1) is 14.3. The number of alkyl halides is 2. The number of hydrogen-bond acceptors (Lipinski definition) is 8. The van der Waals surface area contributed by atoms with Gasteiger partial charge in [-0.2, -0.15) is 9.97 Å². The summed E-state index contributed by atoms with van der Waals surface area (Å²) in [5.41, 5.74) is 2.76. The number of ether oxygens (including phenoxy) is 2. The van der Waals surface area contributed by atoms with Crippen LogP contribution in [0, 0.1) is 0 Å². The Morgan fingerprint density at radius 3 is 2.83 bits per heavy atom. The number of imidazole rings is 1. The fourth-order valence-electron chi connectivity index (χ4n) is 2.57. The molecule has 0 bridgehead atoms. The fraction of sp³-hybridized carbons (Fsp3) is 0.615. The number of aliphatic hydroxyl groups excluding tert-OH is 1. The lowest BCUT2D eigenvalue weighted by Crippen LogP contribution is -2.46. The predicted octanol–water partition coefficient (Wildman–Crippen LogP) is 0.0832. The molecule has 1 saturated heterocycles. The second kappa shape index (κ2) is 5.46. The van der Waals surface area contributed by atoms with Crippen LogP contribution in [0.1, 0.15) is 22.8 Å². The molecule has 0 saturated carbocycles. The van der Waals surface area contributed by atoms with E-state index in [0.29, 0.717) is 0 Å². The Balaban J connectivity index is 2.15. The largest absolute Gasteiger partial charge is 0.476 e. The monoisotopic (exact) mass is 347 g/mol. The van der Waals surface area contributed by atoms with E-state index in [4.69, 9.17) is 17.9 Å². The zero-order valence-electron chi connectivity index (χ0n) is 14.8. The van der Waals surface area contributed by atoms with Gasteiger partial charge in [0.2, 0.25) is 11.8 Å². The van der Waals surface area contributed by atoms with Gasteiger partial charge >= 0.3 is 0 Å². The summed E-state index contributed by atoms with van der Waals surface area (Å²) in [4.78, 5) is 11.7. The summed E-state index contributed by atoms with van der Waals surface area (Å²) < 4.78 is 55.1. The van der Waals surface area contributed by atoms with Crippen LogP contribution < -0.4 is 10.5 Å². The molecule has 1 fully saturated rings. The highest BCUT2D eigenvalue weighted by atomic mass is 19.2. The molecule has 0 unspecified atom stereocenters. The second-order valence-electron chi connectivity index (χ2n) is 5.42. The van der Waals surface area contributed by atoms with Crippen LogP contribution in [-0.2, 0) is 4.74 Å². The van der Waals surface area contributed by atoms with Crippen molar-refractivity contribution in [2.75, 3.05) is 18.9 Å². The standard InChI is InChI=1S/C13H17F2N5O4/c1-3-23-8-6-7(18-11(16)19-8)20(5-17-6)10-12(2,14)9(22)13(15,4-21)24-10/h5,9-10,21-22H,3-4H2,1-2H3,(H2,16,18,19)/t9-,10+,12+,13+/m0/s1/i4D2. The number of aliphatic hydroxyl groups is 2. The average molecular weight is 347 g/mol. The molecule has 3 rings (SSSR count). The number of anilines is 1. The van der Waals surface area contributed by atoms with Crippen molar-refractivity contribution < 1.29 is 31.2 Å². The van der Waals surface area contributed by atoms with Gasteiger partial charge in [-0.3, -0.25) is 4.57 Å². The van der Waals surface area contributed by atoms with Crippen molar-refractivity contribution in [2.45, 2.75) is 37.7 Å². The van der Waals surface area contributed by atoms with E-state index < -0.39 is 30.4 Å². The molecule has 0 aromatic carbocycles. The quantitative estimate of drug-likeness (QED) is 0.709. The number of fused-ring (bicyclic) bond motifs is 1. The van der Waals surface area contributed by atoms with Gasteiger partial charge in [0, 0.05) is 0 Å². The summed E-state index contributed by atoms with van der Waals surface area (Å²) in [5.74, 6) is -3.94. The molecule has 4 atom stereocenters. The molecule has 4 N–H and O–H groups in total. The number of hydrogen-bond donors (Lipinski definition) is 3. The Hall–Kier alpha value is -2.11. The van der Waals surface area contributed by atoms with Crippen LogP contribution in [0.4, 0.5) is 14.7 Å². The van der Waals surface area contributed by atoms with Crippen molar-refractivity contribution in [2.24, 2.45) is 0 Å². The lowest BCUT2D eigenvalue weighted by atomic mass is 9.97. The number of nitrogen functional groups attached to an aromatic ring is 1. The smallest absolute Gasteiger partial charge is 0.263 e. The summed E-state index contributed by atoms with van der Waals surface area (Å²) in [7, 11) is 0. The van der Waals surface area contributed by atoms with Gasteiger partial charge in [-0.25, -0.2) is 13.8 Å². The van der Waals surface area contributed by atoms with Crippen LogP contribution in [0.15, 0.2) is 6.33 Å². The Bertz CT molecular complexity index is 846. The fourth-order valence-corrected chi connectivity index (χ4v) is 2.57. The third kappa shape index (κ3) is 2.27.